The van der Waals surface area contributed by atoms with E-state index in [1.165, 1.54) is 12.1 Å². The van der Waals surface area contributed by atoms with Crippen LogP contribution < -0.4 is 5.73 Å². The van der Waals surface area contributed by atoms with Crippen LogP contribution in [0.2, 0.25) is 5.02 Å². The Balaban J connectivity index is 1.99. The average molecular weight is 314 g/mol. The van der Waals surface area contributed by atoms with Crippen LogP contribution in [0.3, 0.4) is 0 Å². The molecule has 0 radical (unpaired) electrons. The fourth-order valence-electron chi connectivity index (χ4n) is 1.90. The van der Waals surface area contributed by atoms with Crippen LogP contribution in [-0.4, -0.2) is 23.9 Å². The second kappa shape index (κ2) is 7.49. The van der Waals surface area contributed by atoms with Gasteiger partial charge in [0.1, 0.15) is 5.82 Å². The fourth-order valence-corrected chi connectivity index (χ4v) is 2.13. The molecule has 0 aliphatic heterocycles. The molecule has 0 saturated carbocycles. The summed E-state index contributed by atoms with van der Waals surface area (Å²) in [6.45, 7) is 0.639. The van der Waals surface area contributed by atoms with Crippen molar-refractivity contribution >= 4 is 11.6 Å². The molecule has 1 atom stereocenters. The molecular weight excluding hydrogens is 297 g/mol. The molecule has 1 aromatic carbocycles. The summed E-state index contributed by atoms with van der Waals surface area (Å²) in [4.78, 5) is 4.25. The first-order valence-corrected chi connectivity index (χ1v) is 6.99. The molecule has 1 aromatic heterocycles. The molecule has 0 amide bonds. The highest BCUT2D eigenvalue weighted by atomic mass is 35.5. The zero-order chi connectivity index (χ0) is 15.2. The summed E-state index contributed by atoms with van der Waals surface area (Å²) in [7, 11) is 1.64. The van der Waals surface area contributed by atoms with E-state index in [-0.39, 0.29) is 11.9 Å². The number of halogens is 2. The zero-order valence-corrected chi connectivity index (χ0v) is 12.4. The van der Waals surface area contributed by atoms with Gasteiger partial charge in [-0.05, 0) is 30.5 Å². The lowest BCUT2D eigenvalue weighted by Gasteiger charge is -2.05. The van der Waals surface area contributed by atoms with Gasteiger partial charge in [-0.1, -0.05) is 22.8 Å². The van der Waals surface area contributed by atoms with Gasteiger partial charge in [0.05, 0.1) is 6.04 Å². The van der Waals surface area contributed by atoms with Gasteiger partial charge in [0.15, 0.2) is 5.82 Å². The van der Waals surface area contributed by atoms with Gasteiger partial charge < -0.3 is 15.0 Å². The number of methoxy groups -OCH3 is 1. The van der Waals surface area contributed by atoms with Crippen LogP contribution in [0.15, 0.2) is 22.7 Å². The average Bonchev–Trinajstić information content (AvgIpc) is 2.91. The molecule has 0 saturated heterocycles. The maximum Gasteiger partial charge on any atom is 0.243 e. The van der Waals surface area contributed by atoms with E-state index < -0.39 is 0 Å². The van der Waals surface area contributed by atoms with Crippen molar-refractivity contribution in [1.29, 1.82) is 0 Å². The van der Waals surface area contributed by atoms with Gasteiger partial charge >= 0.3 is 0 Å². The number of aromatic nitrogens is 2. The number of rotatable bonds is 7. The van der Waals surface area contributed by atoms with Gasteiger partial charge in [-0.25, -0.2) is 4.39 Å². The highest BCUT2D eigenvalue weighted by molar-refractivity contribution is 6.31. The van der Waals surface area contributed by atoms with Crippen molar-refractivity contribution in [3.8, 4) is 0 Å². The Kier molecular flexibility index (Phi) is 5.67. The number of nitrogens with two attached hydrogens (primary N) is 1. The summed E-state index contributed by atoms with van der Waals surface area (Å²) < 4.78 is 23.1. The van der Waals surface area contributed by atoms with Crippen molar-refractivity contribution < 1.29 is 13.7 Å². The first kappa shape index (κ1) is 15.9. The largest absolute Gasteiger partial charge is 0.385 e. The fraction of sp³-hybridized carbons (Fsp3) is 0.429. The molecule has 0 aliphatic rings. The number of benzene rings is 1. The first-order valence-electron chi connectivity index (χ1n) is 6.61. The molecule has 0 aliphatic carbocycles. The molecule has 1 heterocycles. The Bertz CT molecular complexity index is 591. The normalized spacial score (nSPS) is 12.6. The summed E-state index contributed by atoms with van der Waals surface area (Å²) in [5.74, 6) is 0.484. The van der Waals surface area contributed by atoms with E-state index >= 15 is 0 Å². The van der Waals surface area contributed by atoms with Crippen molar-refractivity contribution in [3.05, 3.63) is 46.3 Å². The molecule has 0 fully saturated rings. The summed E-state index contributed by atoms with van der Waals surface area (Å²) in [5, 5.41) is 4.21. The van der Waals surface area contributed by atoms with Gasteiger partial charge in [0.2, 0.25) is 5.89 Å². The first-order chi connectivity index (χ1) is 10.1. The second-order valence-corrected chi connectivity index (χ2v) is 5.11. The predicted octanol–water partition coefficient (Wildman–Crippen LogP) is 2.88. The van der Waals surface area contributed by atoms with Crippen LogP contribution in [0, 0.1) is 5.82 Å². The molecule has 2 rings (SSSR count). The van der Waals surface area contributed by atoms with Crippen LogP contribution in [0.4, 0.5) is 4.39 Å². The molecule has 7 heteroatoms. The predicted molar refractivity (Wildman–Crippen MR) is 76.6 cm³/mol. The number of ether oxygens (including phenoxy) is 1. The summed E-state index contributed by atoms with van der Waals surface area (Å²) in [6, 6.07) is 3.89. The Morgan fingerprint density at radius 3 is 3.00 bits per heavy atom. The van der Waals surface area contributed by atoms with Crippen molar-refractivity contribution in [2.24, 2.45) is 5.73 Å². The Hall–Kier alpha value is -1.50. The molecule has 2 N–H and O–H groups in total. The van der Waals surface area contributed by atoms with E-state index in [0.717, 1.165) is 12.0 Å². The molecule has 114 valence electrons. The summed E-state index contributed by atoms with van der Waals surface area (Å²) in [5.41, 5.74) is 6.70. The van der Waals surface area contributed by atoms with Gasteiger partial charge in [0, 0.05) is 25.2 Å². The van der Waals surface area contributed by atoms with Crippen LogP contribution in [-0.2, 0) is 11.2 Å². The van der Waals surface area contributed by atoms with Crippen LogP contribution in [0.25, 0.3) is 0 Å². The molecule has 0 bridgehead atoms. The van der Waals surface area contributed by atoms with Crippen LogP contribution in [0.5, 0.6) is 0 Å². The monoisotopic (exact) mass is 313 g/mol. The number of hydrogen-bond acceptors (Lipinski definition) is 5. The van der Waals surface area contributed by atoms with Crippen molar-refractivity contribution in [1.82, 2.24) is 10.1 Å². The Labute approximate surface area is 127 Å². The summed E-state index contributed by atoms with van der Waals surface area (Å²) >= 11 is 5.97. The summed E-state index contributed by atoms with van der Waals surface area (Å²) in [6.07, 6.45) is 1.89. The van der Waals surface area contributed by atoms with E-state index in [1.54, 1.807) is 13.2 Å². The van der Waals surface area contributed by atoms with E-state index in [2.05, 4.69) is 10.1 Å². The van der Waals surface area contributed by atoms with Crippen molar-refractivity contribution in [2.45, 2.75) is 25.3 Å². The minimum atomic E-state index is -0.377. The maximum atomic E-state index is 13.0. The Morgan fingerprint density at radius 1 is 1.48 bits per heavy atom. The van der Waals surface area contributed by atoms with Crippen LogP contribution >= 0.6 is 11.6 Å². The number of nitrogens with zero attached hydrogens (tertiary/aromatic N) is 2. The highest BCUT2D eigenvalue weighted by Gasteiger charge is 2.15. The quantitative estimate of drug-likeness (QED) is 0.796. The highest BCUT2D eigenvalue weighted by Crippen LogP contribution is 2.20. The third-order valence-corrected chi connectivity index (χ3v) is 3.38. The van der Waals surface area contributed by atoms with Crippen LogP contribution in [0.1, 0.15) is 36.2 Å². The van der Waals surface area contributed by atoms with E-state index in [1.807, 2.05) is 0 Å². The molecule has 21 heavy (non-hydrogen) atoms. The second-order valence-electron chi connectivity index (χ2n) is 4.70. The van der Waals surface area contributed by atoms with Crippen molar-refractivity contribution in [2.75, 3.05) is 13.7 Å². The molecule has 5 nitrogen and oxygen atoms in total. The Morgan fingerprint density at radius 2 is 2.29 bits per heavy atom. The lowest BCUT2D eigenvalue weighted by molar-refractivity contribution is 0.188. The zero-order valence-electron chi connectivity index (χ0n) is 11.7. The lowest BCUT2D eigenvalue weighted by atomic mass is 10.1. The molecule has 1 unspecified atom stereocenters. The van der Waals surface area contributed by atoms with E-state index in [9.17, 15) is 4.39 Å². The van der Waals surface area contributed by atoms with Gasteiger partial charge in [-0.15, -0.1) is 0 Å². The standard InChI is InChI=1S/C14H17ClFN3O2/c1-20-6-2-3-12(17)14-18-13(19-21-14)7-9-4-5-10(16)8-11(9)15/h4-5,8,12H,2-3,6-7,17H2,1H3. The third-order valence-electron chi connectivity index (χ3n) is 3.03. The molecule has 2 aromatic rings. The topological polar surface area (TPSA) is 74.2 Å². The van der Waals surface area contributed by atoms with Gasteiger partial charge in [0.25, 0.3) is 0 Å². The number of hydrogen-bond donors (Lipinski definition) is 1. The van der Waals surface area contributed by atoms with Gasteiger partial charge in [-0.3, -0.25) is 0 Å². The van der Waals surface area contributed by atoms with Crippen molar-refractivity contribution in [3.63, 3.8) is 0 Å². The van der Waals surface area contributed by atoms with Gasteiger partial charge in [-0.2, -0.15) is 4.98 Å². The molecular formula is C14H17ClFN3O2. The van der Waals surface area contributed by atoms with E-state index in [4.69, 9.17) is 26.6 Å². The minimum Gasteiger partial charge on any atom is -0.385 e. The SMILES string of the molecule is COCCCC(N)c1nc(Cc2ccc(F)cc2Cl)no1. The lowest BCUT2D eigenvalue weighted by Crippen LogP contribution is -2.11. The maximum absolute atomic E-state index is 13.0. The molecule has 0 spiro atoms. The third kappa shape index (κ3) is 4.49. The minimum absolute atomic E-state index is 0.315. The van der Waals surface area contributed by atoms with E-state index in [0.29, 0.717) is 36.2 Å². The smallest absolute Gasteiger partial charge is 0.243 e.